The summed E-state index contributed by atoms with van der Waals surface area (Å²) in [4.78, 5) is 12.4. The number of benzene rings is 2. The Bertz CT molecular complexity index is 797. The highest BCUT2D eigenvalue weighted by molar-refractivity contribution is 9.10. The van der Waals surface area contributed by atoms with Crippen LogP contribution in [0.1, 0.15) is 15.9 Å². The van der Waals surface area contributed by atoms with E-state index in [1.165, 1.54) is 12.3 Å². The number of rotatable bonds is 3. The van der Waals surface area contributed by atoms with Crippen LogP contribution in [0.25, 0.3) is 5.69 Å². The number of carbonyl (C=O) groups excluding carboxylic acids is 1. The molecule has 0 spiro atoms. The number of aromatic hydroxyl groups is 1. The highest BCUT2D eigenvalue weighted by Crippen LogP contribution is 2.24. The van der Waals surface area contributed by atoms with Crippen molar-refractivity contribution in [3.63, 3.8) is 0 Å². The molecule has 0 amide bonds. The van der Waals surface area contributed by atoms with E-state index in [1.54, 1.807) is 23.0 Å². The minimum atomic E-state index is -0.262. The Balaban J connectivity index is 1.94. The maximum Gasteiger partial charge on any atom is 0.199 e. The van der Waals surface area contributed by atoms with Crippen LogP contribution in [-0.2, 0) is 0 Å². The zero-order valence-electron chi connectivity index (χ0n) is 10.9. The van der Waals surface area contributed by atoms with Crippen LogP contribution in [0.3, 0.4) is 0 Å². The molecule has 0 aliphatic heterocycles. The molecule has 0 radical (unpaired) electrons. The number of halogens is 1. The number of hydrogen-bond acceptors (Lipinski definition) is 3. The number of nitrogens with zero attached hydrogens (tertiary/aromatic N) is 2. The Morgan fingerprint density at radius 1 is 1.14 bits per heavy atom. The number of ketones is 1. The molecule has 3 rings (SSSR count). The van der Waals surface area contributed by atoms with Crippen molar-refractivity contribution in [2.45, 2.75) is 0 Å². The van der Waals surface area contributed by atoms with Gasteiger partial charge in [-0.05, 0) is 30.3 Å². The highest BCUT2D eigenvalue weighted by Gasteiger charge is 2.15. The molecule has 1 heterocycles. The topological polar surface area (TPSA) is 55.1 Å². The molecule has 0 unspecified atom stereocenters. The molecule has 5 heteroatoms. The molecule has 0 saturated heterocycles. The predicted octanol–water partition coefficient (Wildman–Crippen LogP) is 3.57. The molecule has 0 aliphatic rings. The fourth-order valence-corrected chi connectivity index (χ4v) is 2.36. The monoisotopic (exact) mass is 342 g/mol. The Morgan fingerprint density at radius 2 is 1.90 bits per heavy atom. The second kappa shape index (κ2) is 5.54. The van der Waals surface area contributed by atoms with Gasteiger partial charge in [0.2, 0.25) is 0 Å². The summed E-state index contributed by atoms with van der Waals surface area (Å²) in [6.07, 6.45) is 3.15. The fourth-order valence-electron chi connectivity index (χ4n) is 2.01. The molecular formula is C16H11BrN2O2. The Kier molecular flexibility index (Phi) is 3.58. The van der Waals surface area contributed by atoms with Crippen LogP contribution in [0, 0.1) is 0 Å². The van der Waals surface area contributed by atoms with Gasteiger partial charge in [0, 0.05) is 10.7 Å². The van der Waals surface area contributed by atoms with E-state index in [0.29, 0.717) is 5.56 Å². The summed E-state index contributed by atoms with van der Waals surface area (Å²) in [5, 5.41) is 14.1. The second-order valence-corrected chi connectivity index (χ2v) is 5.42. The zero-order valence-corrected chi connectivity index (χ0v) is 12.5. The lowest BCUT2D eigenvalue weighted by Gasteiger charge is -2.02. The third kappa shape index (κ3) is 2.73. The molecule has 0 bridgehead atoms. The first kappa shape index (κ1) is 13.6. The molecule has 1 aromatic heterocycles. The van der Waals surface area contributed by atoms with Crippen molar-refractivity contribution in [3.8, 4) is 11.4 Å². The van der Waals surface area contributed by atoms with Gasteiger partial charge >= 0.3 is 0 Å². The quantitative estimate of drug-likeness (QED) is 0.740. The van der Waals surface area contributed by atoms with E-state index in [4.69, 9.17) is 0 Å². The van der Waals surface area contributed by atoms with Crippen molar-refractivity contribution >= 4 is 21.7 Å². The molecule has 0 aliphatic carbocycles. The molecule has 0 fully saturated rings. The van der Waals surface area contributed by atoms with Crippen LogP contribution in [-0.4, -0.2) is 20.7 Å². The van der Waals surface area contributed by atoms with Gasteiger partial charge in [-0.1, -0.05) is 34.1 Å². The van der Waals surface area contributed by atoms with E-state index in [9.17, 15) is 9.90 Å². The van der Waals surface area contributed by atoms with Gasteiger partial charge in [0.15, 0.2) is 5.78 Å². The van der Waals surface area contributed by atoms with E-state index in [2.05, 4.69) is 21.0 Å². The zero-order chi connectivity index (χ0) is 14.8. The van der Waals surface area contributed by atoms with Crippen LogP contribution >= 0.6 is 15.9 Å². The smallest absolute Gasteiger partial charge is 0.199 e. The Hall–Kier alpha value is -2.40. The largest absolute Gasteiger partial charge is 0.507 e. The number of hydrogen-bond donors (Lipinski definition) is 1. The lowest BCUT2D eigenvalue weighted by molar-refractivity contribution is 0.103. The second-order valence-electron chi connectivity index (χ2n) is 4.50. The summed E-state index contributed by atoms with van der Waals surface area (Å²) in [6, 6.07) is 14.3. The lowest BCUT2D eigenvalue weighted by Crippen LogP contribution is -2.00. The number of phenolic OH excluding ortho intramolecular Hbond substituents is 1. The third-order valence-electron chi connectivity index (χ3n) is 3.07. The predicted molar refractivity (Wildman–Crippen MR) is 82.8 cm³/mol. The van der Waals surface area contributed by atoms with E-state index >= 15 is 0 Å². The average molecular weight is 343 g/mol. The van der Waals surface area contributed by atoms with E-state index in [1.807, 2.05) is 30.3 Å². The van der Waals surface area contributed by atoms with Crippen molar-refractivity contribution in [2.75, 3.05) is 0 Å². The van der Waals surface area contributed by atoms with Gasteiger partial charge in [-0.3, -0.25) is 4.79 Å². The van der Waals surface area contributed by atoms with Crippen molar-refractivity contribution in [1.29, 1.82) is 0 Å². The SMILES string of the molecule is O=C(c1cnn(-c2ccccc2)c1)c1ccc(Br)cc1O. The highest BCUT2D eigenvalue weighted by atomic mass is 79.9. The minimum absolute atomic E-state index is 0.0539. The molecule has 1 N–H and O–H groups in total. The molecule has 0 saturated carbocycles. The van der Waals surface area contributed by atoms with E-state index < -0.39 is 0 Å². The van der Waals surface area contributed by atoms with Crippen LogP contribution in [0.15, 0.2) is 65.4 Å². The molecule has 2 aromatic carbocycles. The number of carbonyl (C=O) groups is 1. The van der Waals surface area contributed by atoms with Crippen molar-refractivity contribution < 1.29 is 9.90 Å². The van der Waals surface area contributed by atoms with E-state index in [-0.39, 0.29) is 17.1 Å². The van der Waals surface area contributed by atoms with Gasteiger partial charge in [0.1, 0.15) is 5.75 Å². The maximum absolute atomic E-state index is 12.4. The lowest BCUT2D eigenvalue weighted by atomic mass is 10.1. The van der Waals surface area contributed by atoms with Gasteiger partial charge in [-0.25, -0.2) is 4.68 Å². The first-order chi connectivity index (χ1) is 10.1. The van der Waals surface area contributed by atoms with Crippen molar-refractivity contribution in [1.82, 2.24) is 9.78 Å². The Labute approximate surface area is 129 Å². The summed E-state index contributed by atoms with van der Waals surface area (Å²) >= 11 is 3.25. The van der Waals surface area contributed by atoms with E-state index in [0.717, 1.165) is 10.2 Å². The van der Waals surface area contributed by atoms with Gasteiger partial charge in [0.25, 0.3) is 0 Å². The standard InChI is InChI=1S/C16H11BrN2O2/c17-12-6-7-14(15(20)8-12)16(21)11-9-18-19(10-11)13-4-2-1-3-5-13/h1-10,20H. The molecule has 104 valence electrons. The van der Waals surface area contributed by atoms with Gasteiger partial charge in [-0.15, -0.1) is 0 Å². The van der Waals surface area contributed by atoms with Crippen LogP contribution in [0.4, 0.5) is 0 Å². The summed E-state index contributed by atoms with van der Waals surface area (Å²) in [6.45, 7) is 0. The summed E-state index contributed by atoms with van der Waals surface area (Å²) < 4.78 is 2.35. The molecule has 4 nitrogen and oxygen atoms in total. The number of aromatic nitrogens is 2. The fraction of sp³-hybridized carbons (Fsp3) is 0. The average Bonchev–Trinajstić information content (AvgIpc) is 2.97. The van der Waals surface area contributed by atoms with Crippen LogP contribution in [0.2, 0.25) is 0 Å². The molecule has 3 aromatic rings. The third-order valence-corrected chi connectivity index (χ3v) is 3.56. The van der Waals surface area contributed by atoms with Gasteiger partial charge < -0.3 is 5.11 Å². The maximum atomic E-state index is 12.4. The summed E-state index contributed by atoms with van der Waals surface area (Å²) in [5.41, 5.74) is 1.55. The number of phenols is 1. The number of para-hydroxylation sites is 1. The van der Waals surface area contributed by atoms with Crippen molar-refractivity contribution in [3.05, 3.63) is 76.5 Å². The minimum Gasteiger partial charge on any atom is -0.507 e. The van der Waals surface area contributed by atoms with Crippen LogP contribution < -0.4 is 0 Å². The molecule has 21 heavy (non-hydrogen) atoms. The Morgan fingerprint density at radius 3 is 2.62 bits per heavy atom. The first-order valence-corrected chi connectivity index (χ1v) is 7.08. The van der Waals surface area contributed by atoms with Crippen molar-refractivity contribution in [2.24, 2.45) is 0 Å². The summed E-state index contributed by atoms with van der Waals surface area (Å²) in [5.74, 6) is -0.316. The van der Waals surface area contributed by atoms with Gasteiger partial charge in [-0.2, -0.15) is 5.10 Å². The first-order valence-electron chi connectivity index (χ1n) is 6.28. The van der Waals surface area contributed by atoms with Crippen LogP contribution in [0.5, 0.6) is 5.75 Å². The summed E-state index contributed by atoms with van der Waals surface area (Å²) in [7, 11) is 0. The molecule has 0 atom stereocenters. The van der Waals surface area contributed by atoms with Gasteiger partial charge in [0.05, 0.1) is 23.0 Å². The molecular weight excluding hydrogens is 332 g/mol. The normalized spacial score (nSPS) is 10.5.